The predicted octanol–water partition coefficient (Wildman–Crippen LogP) is 2.53. The first-order chi connectivity index (χ1) is 14.5. The summed E-state index contributed by atoms with van der Waals surface area (Å²) in [5, 5.41) is 7.47. The molecule has 1 unspecified atom stereocenters. The average molecular weight is 409 g/mol. The molecule has 2 aromatic heterocycles. The van der Waals surface area contributed by atoms with Crippen molar-refractivity contribution < 1.29 is 4.79 Å². The van der Waals surface area contributed by atoms with Crippen LogP contribution in [0.25, 0.3) is 11.0 Å². The van der Waals surface area contributed by atoms with Crippen LogP contribution < -0.4 is 10.9 Å². The molecule has 30 heavy (non-hydrogen) atoms. The molecule has 1 saturated heterocycles. The lowest BCUT2D eigenvalue weighted by atomic mass is 10.0. The number of carbonyl (C=O) groups excluding carboxylic acids is 1. The Hall–Kier alpha value is -3.00. The van der Waals surface area contributed by atoms with Gasteiger partial charge < -0.3 is 5.32 Å². The molecule has 0 saturated carbocycles. The van der Waals surface area contributed by atoms with E-state index < -0.39 is 0 Å². The maximum Gasteiger partial charge on any atom is 0.264 e. The molecule has 158 valence electrons. The second kappa shape index (κ2) is 8.79. The van der Waals surface area contributed by atoms with Gasteiger partial charge in [0.2, 0.25) is 5.91 Å². The molecule has 1 aromatic carbocycles. The molecule has 0 radical (unpaired) electrons. The van der Waals surface area contributed by atoms with E-state index in [9.17, 15) is 9.59 Å². The van der Waals surface area contributed by atoms with E-state index in [2.05, 4.69) is 33.3 Å². The third kappa shape index (κ3) is 4.43. The molecule has 1 aliphatic heterocycles. The van der Waals surface area contributed by atoms with Crippen molar-refractivity contribution >= 4 is 22.6 Å². The Morgan fingerprint density at radius 3 is 3.00 bits per heavy atom. The highest BCUT2D eigenvalue weighted by molar-refractivity contribution is 5.90. The van der Waals surface area contributed by atoms with Gasteiger partial charge in [0.1, 0.15) is 5.39 Å². The van der Waals surface area contributed by atoms with Crippen LogP contribution in [0.1, 0.15) is 38.2 Å². The zero-order valence-electron chi connectivity index (χ0n) is 17.5. The monoisotopic (exact) mass is 408 g/mol. The quantitative estimate of drug-likeness (QED) is 0.678. The molecule has 8 nitrogen and oxygen atoms in total. The number of aromatic nitrogens is 4. The van der Waals surface area contributed by atoms with E-state index in [1.165, 1.54) is 41.9 Å². The van der Waals surface area contributed by atoms with Crippen LogP contribution in [0.2, 0.25) is 0 Å². The molecule has 3 aromatic rings. The van der Waals surface area contributed by atoms with Crippen molar-refractivity contribution in [2.75, 3.05) is 11.9 Å². The fourth-order valence-corrected chi connectivity index (χ4v) is 4.05. The summed E-state index contributed by atoms with van der Waals surface area (Å²) in [7, 11) is 1.74. The number of anilines is 1. The fraction of sp³-hybridized carbons (Fsp3) is 0.455. The van der Waals surface area contributed by atoms with Gasteiger partial charge in [-0.25, -0.2) is 4.98 Å². The van der Waals surface area contributed by atoms with Crippen LogP contribution in [-0.4, -0.2) is 42.7 Å². The number of hydrogen-bond donors (Lipinski definition) is 1. The maximum atomic E-state index is 12.5. The number of aryl methyl sites for hydroxylation is 2. The molecular weight excluding hydrogens is 380 g/mol. The van der Waals surface area contributed by atoms with E-state index in [-0.39, 0.29) is 24.4 Å². The molecule has 4 rings (SSSR count). The Morgan fingerprint density at radius 1 is 1.30 bits per heavy atom. The number of likely N-dealkylation sites (tertiary alicyclic amines) is 1. The van der Waals surface area contributed by atoms with Crippen molar-refractivity contribution in [2.24, 2.45) is 7.05 Å². The van der Waals surface area contributed by atoms with Gasteiger partial charge in [0.25, 0.3) is 5.56 Å². The minimum Gasteiger partial charge on any atom is -0.326 e. The Morgan fingerprint density at radius 2 is 2.17 bits per heavy atom. The number of rotatable bonds is 6. The van der Waals surface area contributed by atoms with Crippen molar-refractivity contribution in [3.05, 3.63) is 52.7 Å². The van der Waals surface area contributed by atoms with E-state index in [1.54, 1.807) is 11.7 Å². The summed E-state index contributed by atoms with van der Waals surface area (Å²) in [4.78, 5) is 31.7. The van der Waals surface area contributed by atoms with Crippen molar-refractivity contribution in [1.29, 1.82) is 0 Å². The van der Waals surface area contributed by atoms with E-state index in [1.807, 2.05) is 18.2 Å². The first-order valence-corrected chi connectivity index (χ1v) is 10.5. The number of benzene rings is 1. The molecule has 1 aliphatic rings. The second-order valence-electron chi connectivity index (χ2n) is 8.06. The number of piperidine rings is 1. The number of nitrogens with one attached hydrogen (secondary N) is 1. The normalized spacial score (nSPS) is 17.3. The molecule has 1 atom stereocenters. The van der Waals surface area contributed by atoms with Gasteiger partial charge in [-0.3, -0.25) is 23.7 Å². The highest BCUT2D eigenvalue weighted by Crippen LogP contribution is 2.20. The fourth-order valence-electron chi connectivity index (χ4n) is 4.05. The zero-order chi connectivity index (χ0) is 21.1. The van der Waals surface area contributed by atoms with Crippen LogP contribution in [0.3, 0.4) is 0 Å². The van der Waals surface area contributed by atoms with Gasteiger partial charge in [-0.1, -0.05) is 18.6 Å². The third-order valence-electron chi connectivity index (χ3n) is 5.83. The minimum absolute atomic E-state index is 0.128. The SMILES string of the molecule is CC1CCCCN1Cc1cccc(NC(=O)CCn2cnc3c(cnn3C)c2=O)c1. The van der Waals surface area contributed by atoms with E-state index >= 15 is 0 Å². The number of amides is 1. The minimum atomic E-state index is -0.182. The van der Waals surface area contributed by atoms with Gasteiger partial charge in [-0.2, -0.15) is 5.10 Å². The van der Waals surface area contributed by atoms with Crippen LogP contribution >= 0.6 is 0 Å². The highest BCUT2D eigenvalue weighted by Gasteiger charge is 2.18. The summed E-state index contributed by atoms with van der Waals surface area (Å²) in [5.74, 6) is -0.128. The highest BCUT2D eigenvalue weighted by atomic mass is 16.2. The van der Waals surface area contributed by atoms with Crippen LogP contribution in [0, 0.1) is 0 Å². The molecule has 0 aliphatic carbocycles. The summed E-state index contributed by atoms with van der Waals surface area (Å²) in [6.07, 6.45) is 6.98. The van der Waals surface area contributed by atoms with Crippen LogP contribution in [-0.2, 0) is 24.9 Å². The van der Waals surface area contributed by atoms with Gasteiger partial charge in [-0.05, 0) is 44.0 Å². The Kier molecular flexibility index (Phi) is 5.94. The lowest BCUT2D eigenvalue weighted by Crippen LogP contribution is -2.36. The van der Waals surface area contributed by atoms with E-state index in [0.29, 0.717) is 17.1 Å². The van der Waals surface area contributed by atoms with E-state index in [4.69, 9.17) is 0 Å². The second-order valence-corrected chi connectivity index (χ2v) is 8.06. The van der Waals surface area contributed by atoms with Gasteiger partial charge in [0, 0.05) is 38.3 Å². The van der Waals surface area contributed by atoms with Crippen molar-refractivity contribution in [1.82, 2.24) is 24.2 Å². The van der Waals surface area contributed by atoms with Crippen LogP contribution in [0.5, 0.6) is 0 Å². The summed E-state index contributed by atoms with van der Waals surface area (Å²) in [6.45, 7) is 4.58. The molecule has 3 heterocycles. The predicted molar refractivity (Wildman–Crippen MR) is 116 cm³/mol. The first-order valence-electron chi connectivity index (χ1n) is 10.5. The van der Waals surface area contributed by atoms with Crippen LogP contribution in [0.15, 0.2) is 41.6 Å². The Bertz CT molecular complexity index is 1100. The van der Waals surface area contributed by atoms with Crippen molar-refractivity contribution in [3.8, 4) is 0 Å². The van der Waals surface area contributed by atoms with Crippen molar-refractivity contribution in [3.63, 3.8) is 0 Å². The molecule has 8 heteroatoms. The summed E-state index contributed by atoms with van der Waals surface area (Å²) >= 11 is 0. The van der Waals surface area contributed by atoms with Crippen LogP contribution in [0.4, 0.5) is 5.69 Å². The smallest absolute Gasteiger partial charge is 0.264 e. The average Bonchev–Trinajstić information content (AvgIpc) is 3.11. The third-order valence-corrected chi connectivity index (χ3v) is 5.83. The number of carbonyl (C=O) groups is 1. The number of nitrogens with zero attached hydrogens (tertiary/aromatic N) is 5. The Balaban J connectivity index is 1.36. The first kappa shape index (κ1) is 20.3. The van der Waals surface area contributed by atoms with Gasteiger partial charge in [0.15, 0.2) is 5.65 Å². The lowest BCUT2D eigenvalue weighted by molar-refractivity contribution is -0.116. The molecular formula is C22H28N6O2. The lowest BCUT2D eigenvalue weighted by Gasteiger charge is -2.33. The zero-order valence-corrected chi connectivity index (χ0v) is 17.5. The summed E-state index contributed by atoms with van der Waals surface area (Å²) in [6, 6.07) is 8.61. The summed E-state index contributed by atoms with van der Waals surface area (Å²) < 4.78 is 3.02. The largest absolute Gasteiger partial charge is 0.326 e. The number of hydrogen-bond acceptors (Lipinski definition) is 5. The van der Waals surface area contributed by atoms with E-state index in [0.717, 1.165) is 18.8 Å². The maximum absolute atomic E-state index is 12.5. The molecule has 1 fully saturated rings. The summed E-state index contributed by atoms with van der Waals surface area (Å²) in [5.41, 5.74) is 2.35. The topological polar surface area (TPSA) is 85.1 Å². The van der Waals surface area contributed by atoms with Gasteiger partial charge in [-0.15, -0.1) is 0 Å². The Labute approximate surface area is 175 Å². The molecule has 0 spiro atoms. The standard InChI is InChI=1S/C22H28N6O2/c1-16-6-3-4-10-27(16)14-17-7-5-8-18(12-17)25-20(29)9-11-28-15-23-21-19(22(28)30)13-24-26(21)2/h5,7-8,12-13,15-16H,3-4,6,9-11,14H2,1-2H3,(H,25,29). The molecule has 1 N–H and O–H groups in total. The molecule has 1 amide bonds. The molecule has 0 bridgehead atoms. The van der Waals surface area contributed by atoms with Gasteiger partial charge in [0.05, 0.1) is 12.5 Å². The van der Waals surface area contributed by atoms with Gasteiger partial charge >= 0.3 is 0 Å². The number of fused-ring (bicyclic) bond motifs is 1. The van der Waals surface area contributed by atoms with Crippen molar-refractivity contribution in [2.45, 2.75) is 51.7 Å².